The molecule has 0 radical (unpaired) electrons. The van der Waals surface area contributed by atoms with Crippen molar-refractivity contribution in [2.24, 2.45) is 0 Å². The van der Waals surface area contributed by atoms with Crippen LogP contribution in [-0.2, 0) is 4.79 Å². The van der Waals surface area contributed by atoms with E-state index in [1.807, 2.05) is 13.0 Å². The summed E-state index contributed by atoms with van der Waals surface area (Å²) in [6, 6.07) is 4.70. The maximum absolute atomic E-state index is 11.7. The number of hydrogen-bond donors (Lipinski definition) is 3. The molecule has 0 heterocycles. The molecule has 0 aromatic heterocycles. The average molecular weight is 285 g/mol. The molecule has 0 saturated carbocycles. The molecule has 0 spiro atoms. The minimum Gasteiger partial charge on any atom is -0.481 e. The Hall–Kier alpha value is -1.75. The molecule has 0 bridgehead atoms. The van der Waals surface area contributed by atoms with Crippen molar-refractivity contribution in [2.45, 2.75) is 32.7 Å². The molecule has 0 saturated heterocycles. The highest BCUT2D eigenvalue weighted by Crippen LogP contribution is 2.22. The molecule has 0 aliphatic heterocycles. The number of hydrogen-bond acceptors (Lipinski definition) is 2. The lowest BCUT2D eigenvalue weighted by Crippen LogP contribution is -2.36. The van der Waals surface area contributed by atoms with Crippen LogP contribution in [0.15, 0.2) is 18.2 Å². The summed E-state index contributed by atoms with van der Waals surface area (Å²) in [5.74, 6) is -0.879. The second-order valence-electron chi connectivity index (χ2n) is 4.42. The number of aryl methyl sites for hydroxylation is 1. The molecule has 19 heavy (non-hydrogen) atoms. The number of halogens is 1. The van der Waals surface area contributed by atoms with Crippen molar-refractivity contribution < 1.29 is 14.7 Å². The molecule has 5 nitrogen and oxygen atoms in total. The first-order valence-corrected chi connectivity index (χ1v) is 6.31. The smallest absolute Gasteiger partial charge is 0.319 e. The second-order valence-corrected chi connectivity index (χ2v) is 4.82. The van der Waals surface area contributed by atoms with Crippen molar-refractivity contribution in [3.8, 4) is 0 Å². The SMILES string of the molecule is Cc1ccc(Cl)c(NC(=O)NC(C)CCC(=O)O)c1. The van der Waals surface area contributed by atoms with Crippen molar-refractivity contribution in [1.82, 2.24) is 5.32 Å². The maximum atomic E-state index is 11.7. The molecule has 104 valence electrons. The molecule has 6 heteroatoms. The zero-order chi connectivity index (χ0) is 14.4. The zero-order valence-electron chi connectivity index (χ0n) is 10.9. The number of carboxylic acid groups (broad SMARTS) is 1. The van der Waals surface area contributed by atoms with Crippen molar-refractivity contribution in [3.63, 3.8) is 0 Å². The van der Waals surface area contributed by atoms with E-state index in [-0.39, 0.29) is 12.5 Å². The third kappa shape index (κ3) is 5.61. The monoisotopic (exact) mass is 284 g/mol. The summed E-state index contributed by atoms with van der Waals surface area (Å²) >= 11 is 5.96. The van der Waals surface area contributed by atoms with E-state index in [9.17, 15) is 9.59 Å². The lowest BCUT2D eigenvalue weighted by Gasteiger charge is -2.14. The molecule has 3 N–H and O–H groups in total. The van der Waals surface area contributed by atoms with E-state index in [0.717, 1.165) is 5.56 Å². The predicted molar refractivity (Wildman–Crippen MR) is 74.7 cm³/mol. The lowest BCUT2D eigenvalue weighted by molar-refractivity contribution is -0.137. The Labute approximate surface area is 117 Å². The van der Waals surface area contributed by atoms with Gasteiger partial charge in [-0.2, -0.15) is 0 Å². The van der Waals surface area contributed by atoms with Crippen molar-refractivity contribution in [3.05, 3.63) is 28.8 Å². The highest BCUT2D eigenvalue weighted by Gasteiger charge is 2.10. The van der Waals surface area contributed by atoms with Gasteiger partial charge in [-0.1, -0.05) is 17.7 Å². The van der Waals surface area contributed by atoms with Crippen LogP contribution in [0.25, 0.3) is 0 Å². The van der Waals surface area contributed by atoms with Crippen LogP contribution in [-0.4, -0.2) is 23.1 Å². The van der Waals surface area contributed by atoms with Crippen LogP contribution < -0.4 is 10.6 Å². The fourth-order valence-corrected chi connectivity index (χ4v) is 1.69. The summed E-state index contributed by atoms with van der Waals surface area (Å²) in [6.45, 7) is 3.65. The van der Waals surface area contributed by atoms with Crippen molar-refractivity contribution in [2.75, 3.05) is 5.32 Å². The Bertz CT molecular complexity index is 477. The average Bonchev–Trinajstić information content (AvgIpc) is 2.31. The predicted octanol–water partition coefficient (Wildman–Crippen LogP) is 3.02. The molecule has 1 atom stereocenters. The highest BCUT2D eigenvalue weighted by molar-refractivity contribution is 6.33. The number of anilines is 1. The Morgan fingerprint density at radius 2 is 2.11 bits per heavy atom. The number of aliphatic carboxylic acids is 1. The van der Waals surface area contributed by atoms with Gasteiger partial charge in [0.25, 0.3) is 0 Å². The molecule has 1 aromatic rings. The number of rotatable bonds is 5. The van der Waals surface area contributed by atoms with Crippen molar-refractivity contribution in [1.29, 1.82) is 0 Å². The highest BCUT2D eigenvalue weighted by atomic mass is 35.5. The number of carboxylic acids is 1. The van der Waals surface area contributed by atoms with Gasteiger partial charge in [0.1, 0.15) is 0 Å². The number of nitrogens with one attached hydrogen (secondary N) is 2. The van der Waals surface area contributed by atoms with Crippen LogP contribution >= 0.6 is 11.6 Å². The van der Waals surface area contributed by atoms with Gasteiger partial charge < -0.3 is 15.7 Å². The Balaban J connectivity index is 2.50. The Morgan fingerprint density at radius 1 is 1.42 bits per heavy atom. The zero-order valence-corrected chi connectivity index (χ0v) is 11.6. The minimum absolute atomic E-state index is 0.0205. The van der Waals surface area contributed by atoms with E-state index >= 15 is 0 Å². The summed E-state index contributed by atoms with van der Waals surface area (Å²) in [4.78, 5) is 22.1. The molecule has 1 unspecified atom stereocenters. The van der Waals surface area contributed by atoms with Gasteiger partial charge in [-0.25, -0.2) is 4.79 Å². The molecule has 0 aliphatic rings. The quantitative estimate of drug-likeness (QED) is 0.777. The van der Waals surface area contributed by atoms with Gasteiger partial charge in [0.2, 0.25) is 0 Å². The number of amides is 2. The van der Waals surface area contributed by atoms with E-state index in [0.29, 0.717) is 17.1 Å². The van der Waals surface area contributed by atoms with Gasteiger partial charge in [-0.15, -0.1) is 0 Å². The molecular formula is C13H17ClN2O3. The van der Waals surface area contributed by atoms with E-state index in [2.05, 4.69) is 10.6 Å². The van der Waals surface area contributed by atoms with Gasteiger partial charge in [-0.05, 0) is 38.0 Å². The fourth-order valence-electron chi connectivity index (χ4n) is 1.53. The lowest BCUT2D eigenvalue weighted by atomic mass is 10.2. The number of benzene rings is 1. The van der Waals surface area contributed by atoms with E-state index in [1.54, 1.807) is 19.1 Å². The van der Waals surface area contributed by atoms with Gasteiger partial charge in [-0.3, -0.25) is 4.79 Å². The normalized spacial score (nSPS) is 11.7. The fraction of sp³-hybridized carbons (Fsp3) is 0.385. The van der Waals surface area contributed by atoms with Crippen molar-refractivity contribution >= 4 is 29.3 Å². The Morgan fingerprint density at radius 3 is 2.74 bits per heavy atom. The number of carbonyl (C=O) groups is 2. The summed E-state index contributed by atoms with van der Waals surface area (Å²) in [5, 5.41) is 14.3. The topological polar surface area (TPSA) is 78.4 Å². The molecule has 1 aromatic carbocycles. The summed E-state index contributed by atoms with van der Waals surface area (Å²) in [5.41, 5.74) is 1.52. The Kier molecular flexibility index (Phi) is 5.63. The molecule has 1 rings (SSSR count). The van der Waals surface area contributed by atoms with Crippen LogP contribution in [0.2, 0.25) is 5.02 Å². The van der Waals surface area contributed by atoms with Crippen LogP contribution in [0.4, 0.5) is 10.5 Å². The first-order valence-electron chi connectivity index (χ1n) is 5.94. The van der Waals surface area contributed by atoms with Gasteiger partial charge in [0, 0.05) is 12.5 Å². The third-order valence-electron chi connectivity index (χ3n) is 2.54. The van der Waals surface area contributed by atoms with E-state index in [4.69, 9.17) is 16.7 Å². The summed E-state index contributed by atoms with van der Waals surface area (Å²) in [6.07, 6.45) is 0.400. The maximum Gasteiger partial charge on any atom is 0.319 e. The van der Waals surface area contributed by atoms with E-state index in [1.165, 1.54) is 0 Å². The number of carbonyl (C=O) groups excluding carboxylic acids is 1. The third-order valence-corrected chi connectivity index (χ3v) is 2.87. The van der Waals surface area contributed by atoms with E-state index < -0.39 is 12.0 Å². The van der Waals surface area contributed by atoms with Crippen LogP contribution in [0.1, 0.15) is 25.3 Å². The first-order chi connectivity index (χ1) is 8.88. The van der Waals surface area contributed by atoms with Crippen LogP contribution in [0.3, 0.4) is 0 Å². The molecule has 2 amide bonds. The minimum atomic E-state index is -0.879. The summed E-state index contributed by atoms with van der Waals surface area (Å²) < 4.78 is 0. The first kappa shape index (κ1) is 15.3. The second kappa shape index (κ2) is 6.99. The standard InChI is InChI=1S/C13H17ClN2O3/c1-8-3-5-10(14)11(7-8)16-13(19)15-9(2)4-6-12(17)18/h3,5,7,9H,4,6H2,1-2H3,(H,17,18)(H2,15,16,19). The van der Waals surface area contributed by atoms with Crippen LogP contribution in [0.5, 0.6) is 0 Å². The molecule has 0 fully saturated rings. The molecule has 0 aliphatic carbocycles. The van der Waals surface area contributed by atoms with Gasteiger partial charge in [0.05, 0.1) is 10.7 Å². The van der Waals surface area contributed by atoms with Gasteiger partial charge in [0.15, 0.2) is 0 Å². The summed E-state index contributed by atoms with van der Waals surface area (Å²) in [7, 11) is 0. The van der Waals surface area contributed by atoms with Gasteiger partial charge >= 0.3 is 12.0 Å². The van der Waals surface area contributed by atoms with Crippen LogP contribution in [0, 0.1) is 6.92 Å². The largest absolute Gasteiger partial charge is 0.481 e. The number of urea groups is 1. The molecular weight excluding hydrogens is 268 g/mol.